The van der Waals surface area contributed by atoms with Crippen LogP contribution in [0, 0.1) is 3.57 Å². The van der Waals surface area contributed by atoms with Crippen molar-refractivity contribution in [2.45, 2.75) is 25.9 Å². The van der Waals surface area contributed by atoms with Gasteiger partial charge in [-0.05, 0) is 70.5 Å². The predicted octanol–water partition coefficient (Wildman–Crippen LogP) is 6.71. The quantitative estimate of drug-likeness (QED) is 0.384. The Hall–Kier alpha value is -2.36. The molecular weight excluding hydrogens is 480 g/mol. The number of halogens is 4. The van der Waals surface area contributed by atoms with Gasteiger partial charge in [-0.15, -0.1) is 0 Å². The molecule has 0 fully saturated rings. The fourth-order valence-electron chi connectivity index (χ4n) is 2.52. The highest BCUT2D eigenvalue weighted by atomic mass is 127. The molecule has 0 bridgehead atoms. The molecule has 0 saturated carbocycles. The summed E-state index contributed by atoms with van der Waals surface area (Å²) >= 11 is 2.17. The first kappa shape index (κ1) is 20.4. The average molecular weight is 498 g/mol. The lowest BCUT2D eigenvalue weighted by molar-refractivity contribution is -0.137. The van der Waals surface area contributed by atoms with Gasteiger partial charge in [0.2, 0.25) is 5.95 Å². The van der Waals surface area contributed by atoms with Crippen LogP contribution in [-0.2, 0) is 6.18 Å². The Bertz CT molecular complexity index is 956. The monoisotopic (exact) mass is 498 g/mol. The summed E-state index contributed by atoms with van der Waals surface area (Å²) in [6.07, 6.45) is -3.78. The Balaban J connectivity index is 1.94. The molecule has 0 saturated heterocycles. The van der Waals surface area contributed by atoms with Crippen LogP contribution in [0.5, 0.6) is 0 Å². The van der Waals surface area contributed by atoms with Gasteiger partial charge in [-0.2, -0.15) is 18.2 Å². The van der Waals surface area contributed by atoms with E-state index in [9.17, 15) is 13.2 Å². The van der Waals surface area contributed by atoms with Crippen LogP contribution in [0.2, 0.25) is 0 Å². The van der Waals surface area contributed by atoms with Crippen molar-refractivity contribution in [1.29, 1.82) is 0 Å². The first-order chi connectivity index (χ1) is 13.2. The Kier molecular flexibility index (Phi) is 6.07. The van der Waals surface area contributed by atoms with Crippen LogP contribution < -0.4 is 10.6 Å². The highest BCUT2D eigenvalue weighted by Crippen LogP contribution is 2.35. The van der Waals surface area contributed by atoms with Crippen molar-refractivity contribution >= 4 is 45.7 Å². The zero-order valence-corrected chi connectivity index (χ0v) is 17.3. The SMILES string of the molecule is CC(C)c1cccc(Nc2nc(Nc3ccc(I)cc3)ncc2C(F)(F)F)c1. The summed E-state index contributed by atoms with van der Waals surface area (Å²) < 4.78 is 41.3. The lowest BCUT2D eigenvalue weighted by Crippen LogP contribution is -2.12. The summed E-state index contributed by atoms with van der Waals surface area (Å²) in [5, 5.41) is 5.73. The van der Waals surface area contributed by atoms with Crippen molar-refractivity contribution in [2.24, 2.45) is 0 Å². The molecule has 4 nitrogen and oxygen atoms in total. The smallest absolute Gasteiger partial charge is 0.340 e. The highest BCUT2D eigenvalue weighted by Gasteiger charge is 2.35. The Morgan fingerprint density at radius 1 is 0.964 bits per heavy atom. The molecule has 1 heterocycles. The van der Waals surface area contributed by atoms with Gasteiger partial charge in [0.1, 0.15) is 11.4 Å². The van der Waals surface area contributed by atoms with Gasteiger partial charge in [0.15, 0.2) is 0 Å². The maximum Gasteiger partial charge on any atom is 0.421 e. The molecule has 8 heteroatoms. The van der Waals surface area contributed by atoms with E-state index in [0.29, 0.717) is 11.4 Å². The molecule has 146 valence electrons. The van der Waals surface area contributed by atoms with Gasteiger partial charge in [0.05, 0.1) is 0 Å². The number of anilines is 4. The molecule has 0 spiro atoms. The topological polar surface area (TPSA) is 49.8 Å². The van der Waals surface area contributed by atoms with Crippen LogP contribution in [0.15, 0.2) is 54.7 Å². The lowest BCUT2D eigenvalue weighted by atomic mass is 10.0. The zero-order valence-electron chi connectivity index (χ0n) is 15.2. The fourth-order valence-corrected chi connectivity index (χ4v) is 2.88. The summed E-state index contributed by atoms with van der Waals surface area (Å²) in [5.74, 6) is 0.0421. The van der Waals surface area contributed by atoms with Gasteiger partial charge in [-0.25, -0.2) is 4.98 Å². The van der Waals surface area contributed by atoms with Crippen LogP contribution >= 0.6 is 22.6 Å². The minimum absolute atomic E-state index is 0.0803. The van der Waals surface area contributed by atoms with Gasteiger partial charge in [0, 0.05) is 21.1 Å². The minimum atomic E-state index is -4.57. The first-order valence-electron chi connectivity index (χ1n) is 8.56. The van der Waals surface area contributed by atoms with Crippen molar-refractivity contribution in [3.63, 3.8) is 0 Å². The lowest BCUT2D eigenvalue weighted by Gasteiger charge is -2.16. The number of aromatic nitrogens is 2. The fraction of sp³-hybridized carbons (Fsp3) is 0.200. The van der Waals surface area contributed by atoms with E-state index in [1.54, 1.807) is 12.1 Å². The molecule has 3 rings (SSSR count). The minimum Gasteiger partial charge on any atom is -0.340 e. The molecule has 1 aromatic heterocycles. The number of alkyl halides is 3. The van der Waals surface area contributed by atoms with Crippen LogP contribution in [-0.4, -0.2) is 9.97 Å². The molecule has 0 atom stereocenters. The third-order valence-corrected chi connectivity index (χ3v) is 4.73. The maximum atomic E-state index is 13.4. The summed E-state index contributed by atoms with van der Waals surface area (Å²) in [6.45, 7) is 4.04. The molecule has 3 aromatic rings. The van der Waals surface area contributed by atoms with Crippen molar-refractivity contribution in [1.82, 2.24) is 9.97 Å². The van der Waals surface area contributed by atoms with Crippen molar-refractivity contribution < 1.29 is 13.2 Å². The Morgan fingerprint density at radius 3 is 2.32 bits per heavy atom. The van der Waals surface area contributed by atoms with Crippen LogP contribution in [0.3, 0.4) is 0 Å². The number of nitrogens with one attached hydrogen (secondary N) is 2. The third-order valence-electron chi connectivity index (χ3n) is 4.01. The second-order valence-electron chi connectivity index (χ2n) is 6.49. The Labute approximate surface area is 174 Å². The molecule has 0 aliphatic rings. The number of hydrogen-bond donors (Lipinski definition) is 2. The van der Waals surface area contributed by atoms with Gasteiger partial charge in [0.25, 0.3) is 0 Å². The zero-order chi connectivity index (χ0) is 20.3. The maximum absolute atomic E-state index is 13.4. The largest absolute Gasteiger partial charge is 0.421 e. The number of benzene rings is 2. The Morgan fingerprint density at radius 2 is 1.68 bits per heavy atom. The molecule has 0 amide bonds. The summed E-state index contributed by atoms with van der Waals surface area (Å²) in [5.41, 5.74) is 1.32. The van der Waals surface area contributed by atoms with E-state index >= 15 is 0 Å². The second kappa shape index (κ2) is 8.34. The number of hydrogen-bond acceptors (Lipinski definition) is 4. The predicted molar refractivity (Wildman–Crippen MR) is 113 cm³/mol. The molecule has 0 radical (unpaired) electrons. The molecule has 28 heavy (non-hydrogen) atoms. The molecule has 0 aliphatic carbocycles. The van der Waals surface area contributed by atoms with Gasteiger partial charge in [-0.3, -0.25) is 0 Å². The van der Waals surface area contributed by atoms with Crippen LogP contribution in [0.1, 0.15) is 30.9 Å². The summed E-state index contributed by atoms with van der Waals surface area (Å²) in [7, 11) is 0. The number of rotatable bonds is 5. The van der Waals surface area contributed by atoms with Crippen molar-refractivity contribution in [2.75, 3.05) is 10.6 Å². The van der Waals surface area contributed by atoms with E-state index in [0.717, 1.165) is 15.3 Å². The molecular formula is C20H18F3IN4. The summed E-state index contributed by atoms with van der Waals surface area (Å²) in [4.78, 5) is 7.90. The third kappa shape index (κ3) is 5.12. The van der Waals surface area contributed by atoms with E-state index in [1.165, 1.54) is 0 Å². The van der Waals surface area contributed by atoms with E-state index in [1.807, 2.05) is 50.2 Å². The standard InChI is InChI=1S/C20H18F3IN4/c1-12(2)13-4-3-5-16(10-13)26-18-17(20(21,22)23)11-25-19(28-18)27-15-8-6-14(24)7-9-15/h3-12H,1-2H3,(H2,25,26,27,28). The normalized spacial score (nSPS) is 11.5. The van der Waals surface area contributed by atoms with Gasteiger partial charge < -0.3 is 10.6 Å². The summed E-state index contributed by atoms with van der Waals surface area (Å²) in [6, 6.07) is 14.6. The first-order valence-corrected chi connectivity index (χ1v) is 9.64. The van der Waals surface area contributed by atoms with E-state index in [2.05, 4.69) is 43.2 Å². The van der Waals surface area contributed by atoms with Gasteiger partial charge >= 0.3 is 6.18 Å². The van der Waals surface area contributed by atoms with Crippen LogP contribution in [0.4, 0.5) is 36.3 Å². The van der Waals surface area contributed by atoms with Gasteiger partial charge in [-0.1, -0.05) is 26.0 Å². The van der Waals surface area contributed by atoms with Crippen molar-refractivity contribution in [3.8, 4) is 0 Å². The molecule has 0 aliphatic heterocycles. The molecule has 0 unspecified atom stereocenters. The average Bonchev–Trinajstić information content (AvgIpc) is 2.63. The van der Waals surface area contributed by atoms with E-state index in [4.69, 9.17) is 0 Å². The molecule has 2 N–H and O–H groups in total. The van der Waals surface area contributed by atoms with Crippen molar-refractivity contribution in [3.05, 3.63) is 69.4 Å². The number of nitrogens with zero attached hydrogens (tertiary/aromatic N) is 2. The van der Waals surface area contributed by atoms with Crippen LogP contribution in [0.25, 0.3) is 0 Å². The second-order valence-corrected chi connectivity index (χ2v) is 7.74. The highest BCUT2D eigenvalue weighted by molar-refractivity contribution is 14.1. The molecule has 2 aromatic carbocycles. The van der Waals surface area contributed by atoms with E-state index < -0.39 is 11.7 Å². The van der Waals surface area contributed by atoms with E-state index in [-0.39, 0.29) is 17.7 Å².